The average molecular weight is 833 g/mol. The van der Waals surface area contributed by atoms with Gasteiger partial charge in [-0.1, -0.05) is 116 Å². The van der Waals surface area contributed by atoms with Crippen molar-refractivity contribution in [2.45, 2.75) is 39.5 Å². The van der Waals surface area contributed by atoms with E-state index in [1.54, 1.807) is 35.5 Å². The normalized spacial score (nSPS) is 11.7. The fourth-order valence-corrected chi connectivity index (χ4v) is 7.38. The minimum Gasteiger partial charge on any atom is -0.497 e. The molecule has 0 unspecified atom stereocenters. The van der Waals surface area contributed by atoms with Gasteiger partial charge in [-0.3, -0.25) is 0 Å². The molecule has 0 saturated carbocycles. The highest BCUT2D eigenvalue weighted by Crippen LogP contribution is 2.34. The number of allylic oxidation sites excluding steroid dienone is 2. The zero-order chi connectivity index (χ0) is 43.9. The SMILES string of the molecule is CCC(Cc1ccc(OC)cc1)=C(c1ccc(NCCOC)cc1)c1ccc(OC)cc1.CCC(Cc1ccc(OC)cc1)=C(c1ccccc1)c1ccc(NCCOC)cc1. The Kier molecular flexibility index (Phi) is 19.2. The summed E-state index contributed by atoms with van der Waals surface area (Å²) in [7, 11) is 8.53. The fraction of sp³-hybridized carbons (Fsp3) is 0.273. The van der Waals surface area contributed by atoms with E-state index in [1.807, 2.05) is 36.4 Å². The number of benzene rings is 6. The van der Waals surface area contributed by atoms with Crippen LogP contribution in [0.4, 0.5) is 11.4 Å². The second-order valence-electron chi connectivity index (χ2n) is 14.8. The lowest BCUT2D eigenvalue weighted by Crippen LogP contribution is -2.07. The highest BCUT2D eigenvalue weighted by atomic mass is 16.5. The lowest BCUT2D eigenvalue weighted by atomic mass is 9.88. The molecule has 62 heavy (non-hydrogen) atoms. The molecule has 0 atom stereocenters. The third-order valence-electron chi connectivity index (χ3n) is 10.8. The minimum absolute atomic E-state index is 0.681. The molecule has 0 fully saturated rings. The topological polar surface area (TPSA) is 70.2 Å². The van der Waals surface area contributed by atoms with E-state index in [0.29, 0.717) is 13.2 Å². The second-order valence-corrected chi connectivity index (χ2v) is 14.8. The monoisotopic (exact) mass is 832 g/mol. The van der Waals surface area contributed by atoms with Gasteiger partial charge in [0, 0.05) is 38.7 Å². The van der Waals surface area contributed by atoms with E-state index >= 15 is 0 Å². The predicted octanol–water partition coefficient (Wildman–Crippen LogP) is 12.4. The standard InChI is InChI=1S/C28H33NO3.C27H31NO2/c1-5-22(20-21-6-14-26(31-3)15-7-21)28(24-10-16-27(32-4)17-11-24)23-8-12-25(13-9-23)29-18-19-30-2;1-4-22(20-21-10-16-26(30-3)17-11-21)27(23-8-6-5-7-9-23)24-12-14-25(15-13-24)28-18-19-29-2/h6-17,29H,5,18-20H2,1-4H3;5-17,28H,4,18-20H2,1-3H3. The van der Waals surface area contributed by atoms with Gasteiger partial charge in [-0.2, -0.15) is 0 Å². The Morgan fingerprint density at radius 3 is 1.03 bits per heavy atom. The van der Waals surface area contributed by atoms with Gasteiger partial charge in [0.2, 0.25) is 0 Å². The van der Waals surface area contributed by atoms with Crippen molar-refractivity contribution in [2.24, 2.45) is 0 Å². The van der Waals surface area contributed by atoms with Gasteiger partial charge in [-0.15, -0.1) is 0 Å². The van der Waals surface area contributed by atoms with Crippen molar-refractivity contribution in [3.63, 3.8) is 0 Å². The summed E-state index contributed by atoms with van der Waals surface area (Å²) in [6.07, 6.45) is 3.75. The summed E-state index contributed by atoms with van der Waals surface area (Å²) in [6.45, 7) is 7.43. The van der Waals surface area contributed by atoms with Crippen molar-refractivity contribution < 1.29 is 23.7 Å². The highest BCUT2D eigenvalue weighted by molar-refractivity contribution is 5.84. The van der Waals surface area contributed by atoms with E-state index < -0.39 is 0 Å². The molecule has 6 aromatic rings. The molecule has 6 rings (SSSR count). The Balaban J connectivity index is 0.000000235. The molecule has 324 valence electrons. The molecule has 0 aromatic heterocycles. The summed E-state index contributed by atoms with van der Waals surface area (Å²) in [5.41, 5.74) is 15.1. The number of ether oxygens (including phenoxy) is 5. The third kappa shape index (κ3) is 13.9. The van der Waals surface area contributed by atoms with Crippen LogP contribution in [0.1, 0.15) is 60.1 Å². The quantitative estimate of drug-likeness (QED) is 0.0700. The molecule has 0 radical (unpaired) electrons. The molecule has 0 aliphatic heterocycles. The van der Waals surface area contributed by atoms with E-state index in [0.717, 1.165) is 67.4 Å². The first kappa shape index (κ1) is 46.8. The number of hydrogen-bond acceptors (Lipinski definition) is 7. The molecule has 0 saturated heterocycles. The van der Waals surface area contributed by atoms with Crippen molar-refractivity contribution in [1.82, 2.24) is 0 Å². The van der Waals surface area contributed by atoms with E-state index in [4.69, 9.17) is 23.7 Å². The zero-order valence-electron chi connectivity index (χ0n) is 37.6. The van der Waals surface area contributed by atoms with E-state index in [2.05, 4.69) is 140 Å². The maximum absolute atomic E-state index is 5.37. The molecule has 2 N–H and O–H groups in total. The van der Waals surface area contributed by atoms with E-state index in [1.165, 1.54) is 55.7 Å². The van der Waals surface area contributed by atoms with Crippen LogP contribution in [-0.2, 0) is 22.3 Å². The van der Waals surface area contributed by atoms with E-state index in [-0.39, 0.29) is 0 Å². The second kappa shape index (κ2) is 25.5. The van der Waals surface area contributed by atoms with Gasteiger partial charge in [0.25, 0.3) is 0 Å². The van der Waals surface area contributed by atoms with Gasteiger partial charge in [0.15, 0.2) is 0 Å². The van der Waals surface area contributed by atoms with Gasteiger partial charge < -0.3 is 34.3 Å². The van der Waals surface area contributed by atoms with Crippen LogP contribution in [0.25, 0.3) is 11.1 Å². The Morgan fingerprint density at radius 1 is 0.387 bits per heavy atom. The predicted molar refractivity (Wildman–Crippen MR) is 259 cm³/mol. The van der Waals surface area contributed by atoms with Gasteiger partial charge in [-0.05, 0) is 131 Å². The van der Waals surface area contributed by atoms with Crippen LogP contribution in [-0.4, -0.2) is 61.9 Å². The summed E-state index contributed by atoms with van der Waals surface area (Å²) in [4.78, 5) is 0. The lowest BCUT2D eigenvalue weighted by molar-refractivity contribution is 0.210. The van der Waals surface area contributed by atoms with Gasteiger partial charge >= 0.3 is 0 Å². The smallest absolute Gasteiger partial charge is 0.118 e. The van der Waals surface area contributed by atoms with Crippen LogP contribution < -0.4 is 24.8 Å². The van der Waals surface area contributed by atoms with Crippen LogP contribution in [0.5, 0.6) is 17.2 Å². The zero-order valence-corrected chi connectivity index (χ0v) is 37.6. The molecule has 7 heteroatoms. The molecule has 7 nitrogen and oxygen atoms in total. The molecule has 0 heterocycles. The molecule has 0 aliphatic rings. The maximum Gasteiger partial charge on any atom is 0.118 e. The number of anilines is 2. The largest absolute Gasteiger partial charge is 0.497 e. The van der Waals surface area contributed by atoms with Crippen molar-refractivity contribution in [3.8, 4) is 17.2 Å². The van der Waals surface area contributed by atoms with Crippen LogP contribution in [0.2, 0.25) is 0 Å². The van der Waals surface area contributed by atoms with Gasteiger partial charge in [-0.25, -0.2) is 0 Å². The van der Waals surface area contributed by atoms with Crippen LogP contribution >= 0.6 is 0 Å². The number of rotatable bonds is 21. The first-order valence-electron chi connectivity index (χ1n) is 21.5. The Labute approximate surface area is 370 Å². The molecular weight excluding hydrogens is 769 g/mol. The Morgan fingerprint density at radius 2 is 0.710 bits per heavy atom. The van der Waals surface area contributed by atoms with Gasteiger partial charge in [0.1, 0.15) is 17.2 Å². The summed E-state index contributed by atoms with van der Waals surface area (Å²) >= 11 is 0. The maximum atomic E-state index is 5.37. The van der Waals surface area contributed by atoms with Crippen LogP contribution in [0, 0.1) is 0 Å². The highest BCUT2D eigenvalue weighted by Gasteiger charge is 2.14. The Hall–Kier alpha value is -6.28. The van der Waals surface area contributed by atoms with Crippen molar-refractivity contribution in [2.75, 3.05) is 72.5 Å². The van der Waals surface area contributed by atoms with Crippen molar-refractivity contribution in [3.05, 3.63) is 196 Å². The van der Waals surface area contributed by atoms with Crippen molar-refractivity contribution >= 4 is 22.5 Å². The minimum atomic E-state index is 0.681. The molecule has 0 spiro atoms. The fourth-order valence-electron chi connectivity index (χ4n) is 7.38. The average Bonchev–Trinajstić information content (AvgIpc) is 3.33. The van der Waals surface area contributed by atoms with Crippen molar-refractivity contribution in [1.29, 1.82) is 0 Å². The summed E-state index contributed by atoms with van der Waals surface area (Å²) in [5.74, 6) is 2.63. The molecule has 0 aliphatic carbocycles. The van der Waals surface area contributed by atoms with Gasteiger partial charge in [0.05, 0.1) is 34.5 Å². The Bertz CT molecular complexity index is 2250. The third-order valence-corrected chi connectivity index (χ3v) is 10.8. The number of methoxy groups -OCH3 is 5. The summed E-state index contributed by atoms with van der Waals surface area (Å²) in [6, 6.07) is 53.1. The first-order chi connectivity index (χ1) is 30.4. The molecule has 0 amide bonds. The summed E-state index contributed by atoms with van der Waals surface area (Å²) in [5, 5.41) is 6.78. The molecule has 0 bridgehead atoms. The molecule has 6 aromatic carbocycles. The number of hydrogen-bond donors (Lipinski definition) is 2. The van der Waals surface area contributed by atoms with Crippen LogP contribution in [0.3, 0.4) is 0 Å². The lowest BCUT2D eigenvalue weighted by Gasteiger charge is -2.17. The molecular formula is C55H64N2O5. The van der Waals surface area contributed by atoms with E-state index in [9.17, 15) is 0 Å². The summed E-state index contributed by atoms with van der Waals surface area (Å²) < 4.78 is 26.3. The first-order valence-corrected chi connectivity index (χ1v) is 21.5. The number of nitrogens with one attached hydrogen (secondary N) is 2. The van der Waals surface area contributed by atoms with Crippen LogP contribution in [0.15, 0.2) is 163 Å².